The minimum atomic E-state index is -4.40. The van der Waals surface area contributed by atoms with E-state index in [1.807, 2.05) is 18.2 Å². The number of hydrogen-bond acceptors (Lipinski definition) is 4. The molecule has 2 aromatic rings. The molecule has 1 aromatic heterocycles. The number of carboxylic acid groups (broad SMARTS) is 1. The van der Waals surface area contributed by atoms with Gasteiger partial charge in [-0.05, 0) is 36.6 Å². The predicted molar refractivity (Wildman–Crippen MR) is 102 cm³/mol. The van der Waals surface area contributed by atoms with Gasteiger partial charge in [0.25, 0.3) is 0 Å². The Bertz CT molecular complexity index is 853. The number of ether oxygens (including phenoxy) is 2. The molecule has 1 N–H and O–H groups in total. The highest BCUT2D eigenvalue weighted by atomic mass is 19.4. The van der Waals surface area contributed by atoms with E-state index >= 15 is 0 Å². The summed E-state index contributed by atoms with van der Waals surface area (Å²) in [6.45, 7) is 0.342. The topological polar surface area (TPSA) is 68.7 Å². The second kappa shape index (κ2) is 9.86. The third-order valence-corrected chi connectivity index (χ3v) is 4.81. The van der Waals surface area contributed by atoms with Crippen molar-refractivity contribution in [1.29, 1.82) is 0 Å². The number of carboxylic acids is 1. The largest absolute Gasteiger partial charge is 0.481 e. The van der Waals surface area contributed by atoms with Gasteiger partial charge < -0.3 is 14.6 Å². The van der Waals surface area contributed by atoms with Gasteiger partial charge in [0.15, 0.2) is 6.29 Å². The van der Waals surface area contributed by atoms with Gasteiger partial charge in [0.1, 0.15) is 0 Å². The molecule has 3 atom stereocenters. The molecule has 0 aliphatic carbocycles. The lowest BCUT2D eigenvalue weighted by Gasteiger charge is -2.36. The average Bonchev–Trinajstić information content (AvgIpc) is 2.73. The van der Waals surface area contributed by atoms with Crippen molar-refractivity contribution in [2.45, 2.75) is 37.8 Å². The summed E-state index contributed by atoms with van der Waals surface area (Å²) in [4.78, 5) is 14.7. The van der Waals surface area contributed by atoms with Crippen LogP contribution in [0.4, 0.5) is 13.2 Å². The number of nitrogens with zero attached hydrogens (tertiary/aromatic N) is 1. The van der Waals surface area contributed by atoms with E-state index in [-0.39, 0.29) is 18.4 Å². The summed E-state index contributed by atoms with van der Waals surface area (Å²) in [5, 5.41) is 8.71. The van der Waals surface area contributed by atoms with Crippen LogP contribution in [0.1, 0.15) is 48.3 Å². The van der Waals surface area contributed by atoms with Crippen molar-refractivity contribution in [2.24, 2.45) is 5.92 Å². The fourth-order valence-corrected chi connectivity index (χ4v) is 3.27. The van der Waals surface area contributed by atoms with Crippen LogP contribution >= 0.6 is 0 Å². The SMILES string of the molecule is O=C(O)CC/C=C\C[C@@H]1CO[C@H](c2ccc(C(F)(F)F)cc2)O[C@@H]1c1cccnc1. The Morgan fingerprint density at radius 3 is 2.57 bits per heavy atom. The first kappa shape index (κ1) is 22.0. The van der Waals surface area contributed by atoms with E-state index in [1.54, 1.807) is 18.5 Å². The minimum Gasteiger partial charge on any atom is -0.481 e. The van der Waals surface area contributed by atoms with Gasteiger partial charge in [0.2, 0.25) is 0 Å². The monoisotopic (exact) mass is 421 g/mol. The van der Waals surface area contributed by atoms with Crippen LogP contribution in [0.2, 0.25) is 0 Å². The normalized spacial score (nSPS) is 22.3. The average molecular weight is 421 g/mol. The molecule has 0 spiro atoms. The first-order chi connectivity index (χ1) is 14.3. The van der Waals surface area contributed by atoms with E-state index in [2.05, 4.69) is 4.98 Å². The summed E-state index contributed by atoms with van der Waals surface area (Å²) < 4.78 is 50.3. The van der Waals surface area contributed by atoms with Gasteiger partial charge >= 0.3 is 12.1 Å². The zero-order valence-corrected chi connectivity index (χ0v) is 16.1. The Morgan fingerprint density at radius 2 is 1.93 bits per heavy atom. The third kappa shape index (κ3) is 5.90. The van der Waals surface area contributed by atoms with Crippen molar-refractivity contribution in [3.8, 4) is 0 Å². The minimum absolute atomic E-state index is 0.0408. The molecule has 0 saturated carbocycles. The standard InChI is InChI=1S/C22H22F3NO4/c23-22(24,25)18-10-8-15(9-11-18)21-29-14-17(5-2-1-3-7-19(27)28)20(30-21)16-6-4-12-26-13-16/h1-2,4,6,8-13,17,20-21H,3,5,7,14H2,(H,27,28)/b2-1-/t17-,20-,21+/m1/s1. The molecule has 1 fully saturated rings. The Labute approximate surface area is 172 Å². The summed E-state index contributed by atoms with van der Waals surface area (Å²) in [6, 6.07) is 8.42. The molecular weight excluding hydrogens is 399 g/mol. The highest BCUT2D eigenvalue weighted by molar-refractivity contribution is 5.66. The number of aliphatic carboxylic acids is 1. The summed E-state index contributed by atoms with van der Waals surface area (Å²) in [7, 11) is 0. The van der Waals surface area contributed by atoms with Crippen LogP contribution < -0.4 is 0 Å². The van der Waals surface area contributed by atoms with E-state index < -0.39 is 24.0 Å². The van der Waals surface area contributed by atoms with E-state index in [0.29, 0.717) is 25.0 Å². The number of halogens is 3. The lowest BCUT2D eigenvalue weighted by molar-refractivity contribution is -0.244. The predicted octanol–water partition coefficient (Wildman–Crippen LogP) is 5.31. The summed E-state index contributed by atoms with van der Waals surface area (Å²) >= 11 is 0. The number of aromatic nitrogens is 1. The maximum atomic E-state index is 12.8. The van der Waals surface area contributed by atoms with Gasteiger partial charge in [-0.15, -0.1) is 0 Å². The maximum absolute atomic E-state index is 12.8. The van der Waals surface area contributed by atoms with Crippen molar-refractivity contribution in [3.63, 3.8) is 0 Å². The second-order valence-corrected chi connectivity index (χ2v) is 7.03. The van der Waals surface area contributed by atoms with Crippen LogP contribution in [0.15, 0.2) is 60.9 Å². The zero-order valence-electron chi connectivity index (χ0n) is 16.1. The third-order valence-electron chi connectivity index (χ3n) is 4.81. The van der Waals surface area contributed by atoms with Crippen LogP contribution in [-0.4, -0.2) is 22.7 Å². The smallest absolute Gasteiger partial charge is 0.416 e. The Hall–Kier alpha value is -2.71. The fraction of sp³-hybridized carbons (Fsp3) is 0.364. The number of allylic oxidation sites excluding steroid dienone is 2. The van der Waals surface area contributed by atoms with Crippen LogP contribution in [-0.2, 0) is 20.4 Å². The molecular formula is C22H22F3NO4. The summed E-state index contributed by atoms with van der Waals surface area (Å²) in [5.41, 5.74) is 0.629. The number of pyridine rings is 1. The van der Waals surface area contributed by atoms with Gasteiger partial charge in [0.05, 0.1) is 18.3 Å². The number of alkyl halides is 3. The van der Waals surface area contributed by atoms with Crippen LogP contribution in [0, 0.1) is 5.92 Å². The number of rotatable bonds is 7. The fourth-order valence-electron chi connectivity index (χ4n) is 3.27. The van der Waals surface area contributed by atoms with Crippen molar-refractivity contribution >= 4 is 5.97 Å². The van der Waals surface area contributed by atoms with Crippen molar-refractivity contribution in [3.05, 3.63) is 77.6 Å². The van der Waals surface area contributed by atoms with Crippen LogP contribution in [0.25, 0.3) is 0 Å². The molecule has 0 bridgehead atoms. The van der Waals surface area contributed by atoms with Crippen LogP contribution in [0.5, 0.6) is 0 Å². The molecule has 1 saturated heterocycles. The molecule has 0 radical (unpaired) electrons. The molecule has 30 heavy (non-hydrogen) atoms. The molecule has 8 heteroatoms. The highest BCUT2D eigenvalue weighted by Crippen LogP contribution is 2.40. The molecule has 0 amide bonds. The van der Waals surface area contributed by atoms with Crippen LogP contribution in [0.3, 0.4) is 0 Å². The molecule has 3 rings (SSSR count). The number of carbonyl (C=O) groups is 1. The molecule has 1 aromatic carbocycles. The first-order valence-corrected chi connectivity index (χ1v) is 9.55. The highest BCUT2D eigenvalue weighted by Gasteiger charge is 2.34. The Kier molecular flexibility index (Phi) is 7.23. The molecule has 5 nitrogen and oxygen atoms in total. The molecule has 1 aliphatic heterocycles. The lowest BCUT2D eigenvalue weighted by atomic mass is 9.92. The van der Waals surface area contributed by atoms with Crippen molar-refractivity contribution in [1.82, 2.24) is 4.98 Å². The summed E-state index contributed by atoms with van der Waals surface area (Å²) in [6.07, 6.45) is 2.64. The molecule has 160 valence electrons. The molecule has 1 aliphatic rings. The number of hydrogen-bond donors (Lipinski definition) is 1. The van der Waals surface area contributed by atoms with E-state index in [9.17, 15) is 18.0 Å². The Balaban J connectivity index is 1.72. The first-order valence-electron chi connectivity index (χ1n) is 9.55. The van der Waals surface area contributed by atoms with Gasteiger partial charge in [-0.25, -0.2) is 0 Å². The van der Waals surface area contributed by atoms with Gasteiger partial charge in [0, 0.05) is 30.3 Å². The maximum Gasteiger partial charge on any atom is 0.416 e. The van der Waals surface area contributed by atoms with E-state index in [1.165, 1.54) is 12.1 Å². The van der Waals surface area contributed by atoms with Crippen molar-refractivity contribution < 1.29 is 32.5 Å². The van der Waals surface area contributed by atoms with Crippen molar-refractivity contribution in [2.75, 3.05) is 6.61 Å². The van der Waals surface area contributed by atoms with E-state index in [0.717, 1.165) is 17.7 Å². The Morgan fingerprint density at radius 1 is 1.17 bits per heavy atom. The quantitative estimate of drug-likeness (QED) is 0.614. The lowest BCUT2D eigenvalue weighted by Crippen LogP contribution is -2.30. The molecule has 2 heterocycles. The zero-order chi connectivity index (χ0) is 21.6. The van der Waals surface area contributed by atoms with Gasteiger partial charge in [-0.1, -0.05) is 30.4 Å². The van der Waals surface area contributed by atoms with Gasteiger partial charge in [-0.3, -0.25) is 9.78 Å². The van der Waals surface area contributed by atoms with E-state index in [4.69, 9.17) is 14.6 Å². The second-order valence-electron chi connectivity index (χ2n) is 7.03. The number of benzene rings is 1. The van der Waals surface area contributed by atoms with Gasteiger partial charge in [-0.2, -0.15) is 13.2 Å². The summed E-state index contributed by atoms with van der Waals surface area (Å²) in [5.74, 6) is -0.891. The molecule has 0 unspecified atom stereocenters.